The Morgan fingerprint density at radius 3 is 2.90 bits per heavy atom. The minimum Gasteiger partial charge on any atom is -0.480 e. The van der Waals surface area contributed by atoms with E-state index in [1.165, 1.54) is 11.3 Å². The van der Waals surface area contributed by atoms with E-state index in [0.717, 1.165) is 16.4 Å². The van der Waals surface area contributed by atoms with Gasteiger partial charge in [0.05, 0.1) is 11.4 Å². The van der Waals surface area contributed by atoms with E-state index < -0.39 is 12.0 Å². The quantitative estimate of drug-likeness (QED) is 0.885. The smallest absolute Gasteiger partial charge is 0.320 e. The van der Waals surface area contributed by atoms with E-state index in [2.05, 4.69) is 9.97 Å². The van der Waals surface area contributed by atoms with Gasteiger partial charge in [-0.1, -0.05) is 13.0 Å². The topological polar surface area (TPSA) is 66.3 Å². The first-order valence-corrected chi connectivity index (χ1v) is 7.28. The van der Waals surface area contributed by atoms with Gasteiger partial charge in [0.25, 0.3) is 0 Å². The molecule has 2 rings (SSSR count). The lowest BCUT2D eigenvalue weighted by Crippen LogP contribution is -2.37. The number of hydrogen-bond donors (Lipinski definition) is 1. The van der Waals surface area contributed by atoms with Crippen molar-refractivity contribution in [2.75, 3.05) is 7.05 Å². The maximum absolute atomic E-state index is 11.1. The summed E-state index contributed by atoms with van der Waals surface area (Å²) >= 11 is 1.52. The fraction of sp³-hybridized carbons (Fsp3) is 0.357. The highest BCUT2D eigenvalue weighted by atomic mass is 32.1. The zero-order valence-electron chi connectivity index (χ0n) is 11.5. The second kappa shape index (κ2) is 6.58. The Morgan fingerprint density at radius 2 is 2.30 bits per heavy atom. The molecule has 2 aromatic rings. The second-order valence-electron chi connectivity index (χ2n) is 4.54. The van der Waals surface area contributed by atoms with Crippen LogP contribution in [0.5, 0.6) is 0 Å². The van der Waals surface area contributed by atoms with Crippen LogP contribution < -0.4 is 0 Å². The third-order valence-corrected chi connectivity index (χ3v) is 3.96. The van der Waals surface area contributed by atoms with Crippen molar-refractivity contribution in [2.45, 2.75) is 25.9 Å². The van der Waals surface area contributed by atoms with Crippen molar-refractivity contribution in [1.82, 2.24) is 14.9 Å². The van der Waals surface area contributed by atoms with Crippen LogP contribution in [0, 0.1) is 0 Å². The SMILES string of the molecule is CCC(C(=O)O)N(C)Cc1csc(-c2ccccn2)n1. The first-order chi connectivity index (χ1) is 9.61. The molecule has 2 aromatic heterocycles. The molecule has 1 N–H and O–H groups in total. The van der Waals surface area contributed by atoms with Gasteiger partial charge < -0.3 is 5.11 Å². The molecule has 0 amide bonds. The molecule has 20 heavy (non-hydrogen) atoms. The van der Waals surface area contributed by atoms with Crippen LogP contribution in [0.3, 0.4) is 0 Å². The van der Waals surface area contributed by atoms with E-state index in [0.29, 0.717) is 13.0 Å². The lowest BCUT2D eigenvalue weighted by Gasteiger charge is -2.22. The highest BCUT2D eigenvalue weighted by Crippen LogP contribution is 2.22. The summed E-state index contributed by atoms with van der Waals surface area (Å²) in [5.41, 5.74) is 1.72. The monoisotopic (exact) mass is 291 g/mol. The number of pyridine rings is 1. The van der Waals surface area contributed by atoms with E-state index in [4.69, 9.17) is 5.11 Å². The number of thiazole rings is 1. The molecule has 0 radical (unpaired) electrons. The van der Waals surface area contributed by atoms with E-state index >= 15 is 0 Å². The van der Waals surface area contributed by atoms with Gasteiger partial charge in [0.1, 0.15) is 11.0 Å². The minimum absolute atomic E-state index is 0.477. The summed E-state index contributed by atoms with van der Waals surface area (Å²) < 4.78 is 0. The number of aromatic nitrogens is 2. The van der Waals surface area contributed by atoms with Gasteiger partial charge in [0, 0.05) is 18.1 Å². The van der Waals surface area contributed by atoms with Crippen LogP contribution in [0.1, 0.15) is 19.0 Å². The molecule has 0 aliphatic heterocycles. The number of carboxylic acid groups (broad SMARTS) is 1. The number of carbonyl (C=O) groups is 1. The summed E-state index contributed by atoms with van der Waals surface area (Å²) in [6.45, 7) is 2.39. The maximum atomic E-state index is 11.1. The minimum atomic E-state index is -0.796. The van der Waals surface area contributed by atoms with Crippen LogP contribution in [-0.4, -0.2) is 39.0 Å². The van der Waals surface area contributed by atoms with Gasteiger partial charge in [-0.25, -0.2) is 4.98 Å². The largest absolute Gasteiger partial charge is 0.480 e. The molecule has 5 nitrogen and oxygen atoms in total. The zero-order valence-corrected chi connectivity index (χ0v) is 12.3. The van der Waals surface area contributed by atoms with Crippen LogP contribution in [0.25, 0.3) is 10.7 Å². The van der Waals surface area contributed by atoms with E-state index in [1.807, 2.05) is 37.6 Å². The van der Waals surface area contributed by atoms with Crippen molar-refractivity contribution < 1.29 is 9.90 Å². The van der Waals surface area contributed by atoms with Crippen molar-refractivity contribution in [2.24, 2.45) is 0 Å². The summed E-state index contributed by atoms with van der Waals surface area (Å²) in [6, 6.07) is 5.23. The Labute approximate surface area is 121 Å². The molecule has 0 saturated heterocycles. The average molecular weight is 291 g/mol. The molecule has 0 aliphatic rings. The van der Waals surface area contributed by atoms with Crippen LogP contribution in [-0.2, 0) is 11.3 Å². The van der Waals surface area contributed by atoms with Crippen molar-refractivity contribution in [3.63, 3.8) is 0 Å². The summed E-state index contributed by atoms with van der Waals surface area (Å²) in [5.74, 6) is -0.796. The molecule has 0 spiro atoms. The molecule has 0 saturated carbocycles. The van der Waals surface area contributed by atoms with Gasteiger partial charge in [-0.2, -0.15) is 0 Å². The van der Waals surface area contributed by atoms with Gasteiger partial charge in [-0.3, -0.25) is 14.7 Å². The predicted molar refractivity (Wildman–Crippen MR) is 78.5 cm³/mol. The molecule has 0 fully saturated rings. The Kier molecular flexibility index (Phi) is 4.81. The van der Waals surface area contributed by atoms with Gasteiger partial charge >= 0.3 is 5.97 Å². The molecule has 6 heteroatoms. The molecular formula is C14H17N3O2S. The van der Waals surface area contributed by atoms with Crippen LogP contribution >= 0.6 is 11.3 Å². The fourth-order valence-electron chi connectivity index (χ4n) is 2.03. The Bertz CT molecular complexity index is 571. The summed E-state index contributed by atoms with van der Waals surface area (Å²) in [7, 11) is 1.81. The van der Waals surface area contributed by atoms with Crippen molar-refractivity contribution >= 4 is 17.3 Å². The molecule has 1 unspecified atom stereocenters. The summed E-state index contributed by atoms with van der Waals surface area (Å²) in [6.07, 6.45) is 2.31. The van der Waals surface area contributed by atoms with Crippen molar-refractivity contribution in [3.8, 4) is 10.7 Å². The number of likely N-dealkylation sites (N-methyl/N-ethyl adjacent to an activating group) is 1. The first-order valence-electron chi connectivity index (χ1n) is 6.40. The molecule has 0 bridgehead atoms. The third kappa shape index (κ3) is 3.40. The third-order valence-electron chi connectivity index (χ3n) is 3.05. The number of aliphatic carboxylic acids is 1. The molecule has 0 aliphatic carbocycles. The maximum Gasteiger partial charge on any atom is 0.320 e. The number of rotatable bonds is 6. The Morgan fingerprint density at radius 1 is 1.50 bits per heavy atom. The van der Waals surface area contributed by atoms with Crippen molar-refractivity contribution in [1.29, 1.82) is 0 Å². The Hall–Kier alpha value is -1.79. The summed E-state index contributed by atoms with van der Waals surface area (Å²) in [4.78, 5) is 21.7. The second-order valence-corrected chi connectivity index (χ2v) is 5.39. The van der Waals surface area contributed by atoms with Crippen LogP contribution in [0.4, 0.5) is 0 Å². The lowest BCUT2D eigenvalue weighted by atomic mass is 10.2. The molecule has 2 heterocycles. The van der Waals surface area contributed by atoms with E-state index in [9.17, 15) is 4.79 Å². The fourth-order valence-corrected chi connectivity index (χ4v) is 2.81. The van der Waals surface area contributed by atoms with Gasteiger partial charge in [0.15, 0.2) is 0 Å². The number of carboxylic acids is 1. The molecule has 0 aromatic carbocycles. The van der Waals surface area contributed by atoms with Gasteiger partial charge in [-0.15, -0.1) is 11.3 Å². The highest BCUT2D eigenvalue weighted by Gasteiger charge is 2.21. The molecule has 1 atom stereocenters. The van der Waals surface area contributed by atoms with Gasteiger partial charge in [0.2, 0.25) is 0 Å². The van der Waals surface area contributed by atoms with Gasteiger partial charge in [-0.05, 0) is 25.6 Å². The molecule has 106 valence electrons. The highest BCUT2D eigenvalue weighted by molar-refractivity contribution is 7.13. The predicted octanol–water partition coefficient (Wildman–Crippen LogP) is 2.50. The number of hydrogen-bond acceptors (Lipinski definition) is 5. The van der Waals surface area contributed by atoms with Crippen LogP contribution in [0.15, 0.2) is 29.8 Å². The number of nitrogens with zero attached hydrogens (tertiary/aromatic N) is 3. The first kappa shape index (κ1) is 14.6. The lowest BCUT2D eigenvalue weighted by molar-refractivity contribution is -0.143. The van der Waals surface area contributed by atoms with E-state index in [1.54, 1.807) is 11.1 Å². The van der Waals surface area contributed by atoms with Crippen LogP contribution in [0.2, 0.25) is 0 Å². The molecular weight excluding hydrogens is 274 g/mol. The standard InChI is InChI=1S/C14H17N3O2S/c1-3-12(14(18)19)17(2)8-10-9-20-13(16-10)11-6-4-5-7-15-11/h4-7,9,12H,3,8H2,1-2H3,(H,18,19). The zero-order chi connectivity index (χ0) is 14.5. The summed E-state index contributed by atoms with van der Waals surface area (Å²) in [5, 5.41) is 11.9. The average Bonchev–Trinajstić information content (AvgIpc) is 2.88. The van der Waals surface area contributed by atoms with E-state index in [-0.39, 0.29) is 0 Å². The Balaban J connectivity index is 2.08. The van der Waals surface area contributed by atoms with Crippen molar-refractivity contribution in [3.05, 3.63) is 35.5 Å². The normalized spacial score (nSPS) is 12.6.